The van der Waals surface area contributed by atoms with E-state index in [1.54, 1.807) is 4.68 Å². The third-order valence-electron chi connectivity index (χ3n) is 3.17. The highest BCUT2D eigenvalue weighted by molar-refractivity contribution is 5.92. The van der Waals surface area contributed by atoms with Gasteiger partial charge in [-0.2, -0.15) is 5.10 Å². The number of rotatable bonds is 1. The van der Waals surface area contributed by atoms with Crippen LogP contribution in [-0.2, 0) is 7.05 Å². The minimum atomic E-state index is 0.120. The van der Waals surface area contributed by atoms with Crippen molar-refractivity contribution >= 4 is 5.91 Å². The first kappa shape index (κ1) is 11.2. The Bertz CT molecular complexity index is 397. The summed E-state index contributed by atoms with van der Waals surface area (Å²) < 4.78 is 1.68. The minimum absolute atomic E-state index is 0.120. The van der Waals surface area contributed by atoms with Gasteiger partial charge in [-0.3, -0.25) is 9.48 Å². The van der Waals surface area contributed by atoms with Crippen molar-refractivity contribution in [2.24, 2.45) is 13.0 Å². The quantitative estimate of drug-likeness (QED) is 0.722. The number of nitrogens with zero attached hydrogens (tertiary/aromatic N) is 3. The number of aromatic nitrogens is 2. The molecule has 4 nitrogen and oxygen atoms in total. The van der Waals surface area contributed by atoms with Crippen LogP contribution in [0.1, 0.15) is 35.9 Å². The molecule has 1 aromatic rings. The molecule has 1 amide bonds. The van der Waals surface area contributed by atoms with E-state index in [0.717, 1.165) is 25.2 Å². The Morgan fingerprint density at radius 1 is 1.56 bits per heavy atom. The normalized spacial score (nSPS) is 21.2. The number of aryl methyl sites for hydroxylation is 2. The number of likely N-dealkylation sites (tertiary alicyclic amines) is 1. The Morgan fingerprint density at radius 3 is 2.88 bits per heavy atom. The van der Waals surface area contributed by atoms with E-state index in [4.69, 9.17) is 0 Å². The summed E-state index contributed by atoms with van der Waals surface area (Å²) in [6, 6.07) is 1.86. The minimum Gasteiger partial charge on any atom is -0.337 e. The molecule has 0 aromatic carbocycles. The largest absolute Gasteiger partial charge is 0.337 e. The van der Waals surface area contributed by atoms with Gasteiger partial charge in [0.2, 0.25) is 0 Å². The van der Waals surface area contributed by atoms with E-state index in [9.17, 15) is 4.79 Å². The summed E-state index contributed by atoms with van der Waals surface area (Å²) in [6.45, 7) is 5.88. The van der Waals surface area contributed by atoms with Crippen molar-refractivity contribution in [1.29, 1.82) is 0 Å². The molecule has 0 saturated carbocycles. The Hall–Kier alpha value is -1.32. The van der Waals surface area contributed by atoms with Crippen LogP contribution in [0.4, 0.5) is 0 Å². The molecule has 1 fully saturated rings. The van der Waals surface area contributed by atoms with E-state index >= 15 is 0 Å². The van der Waals surface area contributed by atoms with Gasteiger partial charge in [0.15, 0.2) is 0 Å². The maximum absolute atomic E-state index is 12.2. The third kappa shape index (κ3) is 2.10. The second-order valence-electron chi connectivity index (χ2n) is 4.79. The molecular formula is C12H19N3O. The fourth-order valence-electron chi connectivity index (χ4n) is 2.35. The third-order valence-corrected chi connectivity index (χ3v) is 3.17. The van der Waals surface area contributed by atoms with Crippen molar-refractivity contribution in [2.75, 3.05) is 13.1 Å². The zero-order chi connectivity index (χ0) is 11.7. The molecule has 0 spiro atoms. The molecule has 2 rings (SSSR count). The predicted molar refractivity (Wildman–Crippen MR) is 62.2 cm³/mol. The SMILES string of the molecule is Cc1cc(C(=O)N2CCCC(C)C2)n(C)n1. The maximum atomic E-state index is 12.2. The van der Waals surface area contributed by atoms with Crippen LogP contribution in [0, 0.1) is 12.8 Å². The summed E-state index contributed by atoms with van der Waals surface area (Å²) >= 11 is 0. The van der Waals surface area contributed by atoms with Gasteiger partial charge in [0.1, 0.15) is 5.69 Å². The molecule has 16 heavy (non-hydrogen) atoms. The second-order valence-corrected chi connectivity index (χ2v) is 4.79. The highest BCUT2D eigenvalue weighted by Gasteiger charge is 2.24. The monoisotopic (exact) mass is 221 g/mol. The first-order valence-electron chi connectivity index (χ1n) is 5.88. The Balaban J connectivity index is 2.15. The fourth-order valence-corrected chi connectivity index (χ4v) is 2.35. The summed E-state index contributed by atoms with van der Waals surface area (Å²) in [5, 5.41) is 4.22. The molecular weight excluding hydrogens is 202 g/mol. The highest BCUT2D eigenvalue weighted by Crippen LogP contribution is 2.17. The van der Waals surface area contributed by atoms with E-state index in [-0.39, 0.29) is 5.91 Å². The summed E-state index contributed by atoms with van der Waals surface area (Å²) in [5.74, 6) is 0.738. The first-order valence-corrected chi connectivity index (χ1v) is 5.88. The van der Waals surface area contributed by atoms with Gasteiger partial charge in [-0.05, 0) is 31.7 Å². The fraction of sp³-hybridized carbons (Fsp3) is 0.667. The Labute approximate surface area is 96.2 Å². The number of carbonyl (C=O) groups is 1. The van der Waals surface area contributed by atoms with Crippen molar-refractivity contribution in [1.82, 2.24) is 14.7 Å². The average molecular weight is 221 g/mol. The molecule has 88 valence electrons. The van der Waals surface area contributed by atoms with Crippen molar-refractivity contribution < 1.29 is 4.79 Å². The van der Waals surface area contributed by atoms with Crippen LogP contribution in [0.15, 0.2) is 6.07 Å². The topological polar surface area (TPSA) is 38.1 Å². The number of piperidine rings is 1. The van der Waals surface area contributed by atoms with Gasteiger partial charge in [-0.1, -0.05) is 6.92 Å². The molecule has 0 bridgehead atoms. The molecule has 0 aliphatic carbocycles. The Morgan fingerprint density at radius 2 is 2.31 bits per heavy atom. The first-order chi connectivity index (χ1) is 7.58. The molecule has 1 aliphatic heterocycles. The van der Waals surface area contributed by atoms with E-state index in [1.807, 2.05) is 24.9 Å². The summed E-state index contributed by atoms with van der Waals surface area (Å²) in [7, 11) is 1.83. The summed E-state index contributed by atoms with van der Waals surface area (Å²) in [6.07, 6.45) is 2.35. The zero-order valence-corrected chi connectivity index (χ0v) is 10.2. The highest BCUT2D eigenvalue weighted by atomic mass is 16.2. The van der Waals surface area contributed by atoms with E-state index < -0.39 is 0 Å². The molecule has 1 saturated heterocycles. The van der Waals surface area contributed by atoms with Crippen LogP contribution in [0.25, 0.3) is 0 Å². The molecule has 0 N–H and O–H groups in total. The number of hydrogen-bond donors (Lipinski definition) is 0. The predicted octanol–water partition coefficient (Wildman–Crippen LogP) is 1.60. The van der Waals surface area contributed by atoms with Gasteiger partial charge in [0.05, 0.1) is 5.69 Å². The summed E-state index contributed by atoms with van der Waals surface area (Å²) in [5.41, 5.74) is 1.60. The summed E-state index contributed by atoms with van der Waals surface area (Å²) in [4.78, 5) is 14.2. The zero-order valence-electron chi connectivity index (χ0n) is 10.2. The average Bonchev–Trinajstić information content (AvgIpc) is 2.57. The lowest BCUT2D eigenvalue weighted by atomic mass is 10.00. The van der Waals surface area contributed by atoms with Gasteiger partial charge in [-0.15, -0.1) is 0 Å². The van der Waals surface area contributed by atoms with Gasteiger partial charge in [0.25, 0.3) is 5.91 Å². The van der Waals surface area contributed by atoms with Crippen LogP contribution in [0.5, 0.6) is 0 Å². The van der Waals surface area contributed by atoms with Gasteiger partial charge >= 0.3 is 0 Å². The number of carbonyl (C=O) groups excluding carboxylic acids is 1. The van der Waals surface area contributed by atoms with Crippen LogP contribution in [0.2, 0.25) is 0 Å². The molecule has 2 heterocycles. The molecule has 1 unspecified atom stereocenters. The standard InChI is InChI=1S/C12H19N3O/c1-9-5-4-6-15(8-9)12(16)11-7-10(2)13-14(11)3/h7,9H,4-6,8H2,1-3H3. The van der Waals surface area contributed by atoms with Crippen molar-refractivity contribution in [2.45, 2.75) is 26.7 Å². The molecule has 1 aromatic heterocycles. The molecule has 0 radical (unpaired) electrons. The van der Waals surface area contributed by atoms with E-state index in [1.165, 1.54) is 6.42 Å². The number of amides is 1. The van der Waals surface area contributed by atoms with E-state index in [0.29, 0.717) is 11.6 Å². The van der Waals surface area contributed by atoms with Crippen LogP contribution in [-0.4, -0.2) is 33.7 Å². The lowest BCUT2D eigenvalue weighted by Gasteiger charge is -2.30. The molecule has 1 atom stereocenters. The van der Waals surface area contributed by atoms with Crippen molar-refractivity contribution in [3.05, 3.63) is 17.5 Å². The molecule has 4 heteroatoms. The number of hydrogen-bond acceptors (Lipinski definition) is 2. The van der Waals surface area contributed by atoms with E-state index in [2.05, 4.69) is 12.0 Å². The smallest absolute Gasteiger partial charge is 0.272 e. The maximum Gasteiger partial charge on any atom is 0.272 e. The van der Waals surface area contributed by atoms with Gasteiger partial charge in [-0.25, -0.2) is 0 Å². The van der Waals surface area contributed by atoms with Crippen molar-refractivity contribution in [3.8, 4) is 0 Å². The van der Waals surface area contributed by atoms with Crippen LogP contribution >= 0.6 is 0 Å². The lowest BCUT2D eigenvalue weighted by Crippen LogP contribution is -2.39. The van der Waals surface area contributed by atoms with Crippen LogP contribution in [0.3, 0.4) is 0 Å². The lowest BCUT2D eigenvalue weighted by molar-refractivity contribution is 0.0672. The molecule has 1 aliphatic rings. The second kappa shape index (κ2) is 4.28. The Kier molecular flexibility index (Phi) is 2.99. The van der Waals surface area contributed by atoms with Gasteiger partial charge < -0.3 is 4.90 Å². The van der Waals surface area contributed by atoms with Crippen molar-refractivity contribution in [3.63, 3.8) is 0 Å². The van der Waals surface area contributed by atoms with Gasteiger partial charge in [0, 0.05) is 20.1 Å². The van der Waals surface area contributed by atoms with Crippen LogP contribution < -0.4 is 0 Å².